The number of guanidine groups is 1. The third-order valence-electron chi connectivity index (χ3n) is 8.91. The molecule has 0 aliphatic carbocycles. The lowest BCUT2D eigenvalue weighted by Crippen LogP contribution is -2.66. The normalized spacial score (nSPS) is 20.8. The molecule has 3 atom stereocenters. The van der Waals surface area contributed by atoms with E-state index >= 15 is 0 Å². The summed E-state index contributed by atoms with van der Waals surface area (Å²) >= 11 is 0. The molecule has 47 heavy (non-hydrogen) atoms. The number of carbonyl (C=O) groups excluding carboxylic acids is 4. The van der Waals surface area contributed by atoms with E-state index in [2.05, 4.69) is 28.9 Å². The molecule has 0 bridgehead atoms. The fourth-order valence-corrected chi connectivity index (χ4v) is 7.20. The molecule has 1 fully saturated rings. The molecule has 13 heteroatoms. The smallest absolute Gasteiger partial charge is 0.333 e. The number of nitrogens with zero attached hydrogens (tertiary/aromatic N) is 3. The van der Waals surface area contributed by atoms with E-state index in [9.17, 15) is 27.6 Å². The van der Waals surface area contributed by atoms with Gasteiger partial charge in [0, 0.05) is 45.2 Å². The van der Waals surface area contributed by atoms with E-state index in [-0.39, 0.29) is 41.1 Å². The molecule has 1 aromatic rings. The Bertz CT molecular complexity index is 1410. The molecule has 2 aliphatic heterocycles. The molecule has 260 valence electrons. The van der Waals surface area contributed by atoms with Crippen LogP contribution >= 0.6 is 0 Å². The minimum absolute atomic E-state index is 0.134. The van der Waals surface area contributed by atoms with Gasteiger partial charge in [0.15, 0.2) is 6.04 Å². The van der Waals surface area contributed by atoms with Gasteiger partial charge in [0.1, 0.15) is 12.6 Å². The molecular formula is C34H53N6O6S+. The number of hydrogen-bond donors (Lipinski definition) is 3. The van der Waals surface area contributed by atoms with Crippen molar-refractivity contribution in [3.05, 3.63) is 47.5 Å². The minimum Gasteiger partial charge on any atom is -0.364 e. The molecule has 0 aromatic heterocycles. The second kappa shape index (κ2) is 18.2. The van der Waals surface area contributed by atoms with Crippen LogP contribution in [-0.4, -0.2) is 91.9 Å². The molecule has 1 saturated heterocycles. The van der Waals surface area contributed by atoms with E-state index in [1.54, 1.807) is 0 Å². The van der Waals surface area contributed by atoms with E-state index in [4.69, 9.17) is 5.73 Å². The predicted octanol–water partition coefficient (Wildman–Crippen LogP) is 2.93. The number of sulfonamides is 1. The van der Waals surface area contributed by atoms with Gasteiger partial charge in [-0.3, -0.25) is 19.7 Å². The highest BCUT2D eigenvalue weighted by Crippen LogP contribution is 2.32. The lowest BCUT2D eigenvalue weighted by molar-refractivity contribution is -0.853. The van der Waals surface area contributed by atoms with Gasteiger partial charge in [0.25, 0.3) is 5.91 Å². The number of nitrogens with one attached hydrogen (secondary N) is 2. The highest BCUT2D eigenvalue weighted by atomic mass is 32.2. The van der Waals surface area contributed by atoms with Crippen molar-refractivity contribution in [2.75, 3.05) is 32.4 Å². The molecule has 4 amide bonds. The van der Waals surface area contributed by atoms with Crippen molar-refractivity contribution < 1.29 is 32.1 Å². The Kier molecular flexibility index (Phi) is 14.7. The Morgan fingerprint density at radius 3 is 2.32 bits per heavy atom. The average Bonchev–Trinajstić information content (AvgIpc) is 3.45. The Balaban J connectivity index is 1.87. The molecule has 3 rings (SSSR count). The largest absolute Gasteiger partial charge is 0.364 e. The van der Waals surface area contributed by atoms with Crippen LogP contribution in [0, 0.1) is 0 Å². The molecular weight excluding hydrogens is 620 g/mol. The molecule has 0 spiro atoms. The number of quaternary nitrogens is 1. The summed E-state index contributed by atoms with van der Waals surface area (Å²) in [5, 5.41) is 2.86. The maximum absolute atomic E-state index is 14.5. The van der Waals surface area contributed by atoms with Crippen LogP contribution in [0.25, 0.3) is 0 Å². The van der Waals surface area contributed by atoms with Crippen molar-refractivity contribution >= 4 is 39.6 Å². The number of hydrogen-bond acceptors (Lipinski definition) is 6. The Morgan fingerprint density at radius 1 is 1.04 bits per heavy atom. The molecule has 2 heterocycles. The maximum Gasteiger partial charge on any atom is 0.333 e. The maximum atomic E-state index is 14.5. The molecule has 12 nitrogen and oxygen atoms in total. The molecule has 0 radical (unpaired) electrons. The van der Waals surface area contributed by atoms with Crippen LogP contribution in [0.3, 0.4) is 0 Å². The monoisotopic (exact) mass is 673 g/mol. The van der Waals surface area contributed by atoms with E-state index < -0.39 is 28.0 Å². The molecule has 1 aromatic carbocycles. The zero-order chi connectivity index (χ0) is 34.5. The third-order valence-corrected chi connectivity index (χ3v) is 9.62. The first kappa shape index (κ1) is 38.0. The van der Waals surface area contributed by atoms with E-state index in [0.29, 0.717) is 51.7 Å². The molecule has 0 saturated carbocycles. The van der Waals surface area contributed by atoms with E-state index in [1.165, 1.54) is 0 Å². The number of primary amides is 1. The Hall–Kier alpha value is -3.42. The van der Waals surface area contributed by atoms with Crippen molar-refractivity contribution in [1.29, 1.82) is 0 Å². The van der Waals surface area contributed by atoms with Crippen molar-refractivity contribution in [3.8, 4) is 0 Å². The van der Waals surface area contributed by atoms with E-state index in [0.717, 1.165) is 55.9 Å². The number of amides is 4. The molecule has 2 aliphatic rings. The summed E-state index contributed by atoms with van der Waals surface area (Å²) in [6.07, 6.45) is 10.6. The van der Waals surface area contributed by atoms with Crippen LogP contribution in [0.2, 0.25) is 0 Å². The van der Waals surface area contributed by atoms with Crippen molar-refractivity contribution in [2.45, 2.75) is 103 Å². The van der Waals surface area contributed by atoms with Crippen LogP contribution in [0.5, 0.6) is 0 Å². The summed E-state index contributed by atoms with van der Waals surface area (Å²) in [6.45, 7) is 5.48. The standard InChI is InChI=1S/C34H52N6O6S/c1-4-6-9-17-30(41)36-34(37-31(42)18-10-7-5-2)39-21-19-27(20-22-39)25-40(23-13-16-29(40)32(35)43)33(44)28(38-47(3,45)46)24-26-14-11-8-12-15-26/h8,11-12,14-15,19,28-29,38H,4-7,9-10,13,16-18,20-25H2,1-3H3,(H2-,35,36,37,41,42,43)/p+1/t28-,29+,40?/m1/s1. The quantitative estimate of drug-likeness (QED) is 0.0797. The fourth-order valence-electron chi connectivity index (χ4n) is 6.49. The minimum atomic E-state index is -3.76. The van der Waals surface area contributed by atoms with Gasteiger partial charge in [-0.1, -0.05) is 75.9 Å². The third kappa shape index (κ3) is 11.7. The second-order valence-electron chi connectivity index (χ2n) is 12.8. The van der Waals surface area contributed by atoms with Gasteiger partial charge >= 0.3 is 5.91 Å². The zero-order valence-electron chi connectivity index (χ0n) is 28.2. The summed E-state index contributed by atoms with van der Waals surface area (Å²) in [6, 6.07) is 7.28. The first-order valence-corrected chi connectivity index (χ1v) is 18.8. The van der Waals surface area contributed by atoms with Crippen LogP contribution in [0.15, 0.2) is 47.0 Å². The van der Waals surface area contributed by atoms with Gasteiger partial charge in [-0.15, -0.1) is 0 Å². The summed E-state index contributed by atoms with van der Waals surface area (Å²) in [4.78, 5) is 58.8. The van der Waals surface area contributed by atoms with Gasteiger partial charge in [-0.2, -0.15) is 9.71 Å². The van der Waals surface area contributed by atoms with Crippen molar-refractivity contribution in [1.82, 2.24) is 14.9 Å². The Labute approximate surface area is 279 Å². The first-order chi connectivity index (χ1) is 22.4. The highest BCUT2D eigenvalue weighted by molar-refractivity contribution is 7.88. The van der Waals surface area contributed by atoms with Crippen LogP contribution in [0.4, 0.5) is 0 Å². The number of aliphatic imine (C=N–C) groups is 1. The average molecular weight is 674 g/mol. The lowest BCUT2D eigenvalue weighted by Gasteiger charge is -2.40. The van der Waals surface area contributed by atoms with Crippen LogP contribution in [-0.2, 0) is 35.6 Å². The number of likely N-dealkylation sites (tertiary alicyclic amines) is 1. The van der Waals surface area contributed by atoms with Gasteiger partial charge in [-0.05, 0) is 30.4 Å². The van der Waals surface area contributed by atoms with Gasteiger partial charge in [-0.25, -0.2) is 17.7 Å². The molecule has 1 unspecified atom stereocenters. The van der Waals surface area contributed by atoms with E-state index in [1.807, 2.05) is 41.3 Å². The van der Waals surface area contributed by atoms with Crippen LogP contribution in [0.1, 0.15) is 90.0 Å². The fraction of sp³-hybridized carbons (Fsp3) is 0.618. The van der Waals surface area contributed by atoms with Gasteiger partial charge in [0.05, 0.1) is 12.8 Å². The lowest BCUT2D eigenvalue weighted by atomic mass is 10.00. The number of benzene rings is 1. The first-order valence-electron chi connectivity index (χ1n) is 16.9. The van der Waals surface area contributed by atoms with Crippen molar-refractivity contribution in [2.24, 2.45) is 10.7 Å². The number of rotatable bonds is 16. The van der Waals surface area contributed by atoms with Gasteiger partial charge < -0.3 is 10.6 Å². The SMILES string of the molecule is CCCCCC(=O)N=C(NC(=O)CCCCC)N1CC=C(C[N+]2(C(=O)[C@@H](Cc3ccccc3)NS(C)(=O)=O)CCC[C@H]2C(N)=O)CC1. The predicted molar refractivity (Wildman–Crippen MR) is 182 cm³/mol. The van der Waals surface area contributed by atoms with Gasteiger partial charge in [0.2, 0.25) is 27.8 Å². The number of nitrogens with two attached hydrogens (primary N) is 1. The number of unbranched alkanes of at least 4 members (excludes halogenated alkanes) is 4. The van der Waals surface area contributed by atoms with Crippen LogP contribution < -0.4 is 15.8 Å². The molecule has 4 N–H and O–H groups in total. The van der Waals surface area contributed by atoms with Crippen molar-refractivity contribution in [3.63, 3.8) is 0 Å². The second-order valence-corrected chi connectivity index (χ2v) is 14.6. The zero-order valence-corrected chi connectivity index (χ0v) is 29.0. The summed E-state index contributed by atoms with van der Waals surface area (Å²) < 4.78 is 27.1. The summed E-state index contributed by atoms with van der Waals surface area (Å²) in [5.74, 6) is -1.21. The Morgan fingerprint density at radius 2 is 1.72 bits per heavy atom. The topological polar surface area (TPSA) is 168 Å². The highest BCUT2D eigenvalue weighted by Gasteiger charge is 2.53. The summed E-state index contributed by atoms with van der Waals surface area (Å²) in [7, 11) is -3.76. The summed E-state index contributed by atoms with van der Waals surface area (Å²) in [5.41, 5.74) is 7.58. The number of carbonyl (C=O) groups is 4.